The first kappa shape index (κ1) is 15.4. The van der Waals surface area contributed by atoms with Crippen molar-refractivity contribution in [1.82, 2.24) is 4.72 Å². The molecule has 3 rings (SSSR count). The molecule has 5 heteroatoms. The number of ketones is 1. The molecule has 0 atom stereocenters. The fraction of sp³-hybridized carbons (Fsp3) is 0.0556. The maximum atomic E-state index is 12.4. The minimum atomic E-state index is -3.69. The van der Waals surface area contributed by atoms with Gasteiger partial charge < -0.3 is 0 Å². The molecule has 4 nitrogen and oxygen atoms in total. The number of Topliss-reactive ketones (excluding diaryl/α,β-unsaturated/α-hetero) is 1. The Hall–Kier alpha value is -2.50. The van der Waals surface area contributed by atoms with Crippen molar-refractivity contribution >= 4 is 26.6 Å². The van der Waals surface area contributed by atoms with Gasteiger partial charge in [0.25, 0.3) is 0 Å². The van der Waals surface area contributed by atoms with E-state index in [0.717, 1.165) is 10.8 Å². The lowest BCUT2D eigenvalue weighted by Gasteiger charge is -2.08. The molecule has 1 N–H and O–H groups in total. The SMILES string of the molecule is O=C(CNS(=O)(=O)c1ccccc1)c1cccc2ccccc12. The highest BCUT2D eigenvalue weighted by atomic mass is 32.2. The van der Waals surface area contributed by atoms with Crippen molar-refractivity contribution in [2.24, 2.45) is 0 Å². The highest BCUT2D eigenvalue weighted by Crippen LogP contribution is 2.19. The van der Waals surface area contributed by atoms with E-state index in [1.807, 2.05) is 30.3 Å². The van der Waals surface area contributed by atoms with Gasteiger partial charge in [0.15, 0.2) is 5.78 Å². The molecule has 3 aromatic carbocycles. The van der Waals surface area contributed by atoms with E-state index in [4.69, 9.17) is 0 Å². The molecule has 0 aromatic heterocycles. The molecule has 0 saturated heterocycles. The van der Waals surface area contributed by atoms with E-state index in [2.05, 4.69) is 4.72 Å². The standard InChI is InChI=1S/C18H15NO3S/c20-18(13-19-23(21,22)15-9-2-1-3-10-15)17-12-6-8-14-7-4-5-11-16(14)17/h1-12,19H,13H2. The van der Waals surface area contributed by atoms with Crippen molar-refractivity contribution in [2.75, 3.05) is 6.54 Å². The number of sulfonamides is 1. The van der Waals surface area contributed by atoms with Crippen LogP contribution in [0.15, 0.2) is 77.7 Å². The van der Waals surface area contributed by atoms with Crippen LogP contribution < -0.4 is 4.72 Å². The van der Waals surface area contributed by atoms with Gasteiger partial charge in [-0.1, -0.05) is 60.7 Å². The third kappa shape index (κ3) is 3.31. The summed E-state index contributed by atoms with van der Waals surface area (Å²) in [5, 5.41) is 1.77. The van der Waals surface area contributed by atoms with E-state index < -0.39 is 10.0 Å². The molecule has 0 radical (unpaired) electrons. The first-order chi connectivity index (χ1) is 11.1. The number of benzene rings is 3. The number of rotatable bonds is 5. The maximum absolute atomic E-state index is 12.4. The number of fused-ring (bicyclic) bond motifs is 1. The van der Waals surface area contributed by atoms with Crippen LogP contribution in [0.3, 0.4) is 0 Å². The number of carbonyl (C=O) groups excluding carboxylic acids is 1. The van der Waals surface area contributed by atoms with Crippen LogP contribution >= 0.6 is 0 Å². The van der Waals surface area contributed by atoms with E-state index in [-0.39, 0.29) is 17.2 Å². The van der Waals surface area contributed by atoms with Crippen LogP contribution in [0.2, 0.25) is 0 Å². The summed E-state index contributed by atoms with van der Waals surface area (Å²) in [6.45, 7) is -0.273. The second-order valence-corrected chi connectivity index (χ2v) is 6.85. The molecule has 0 aliphatic rings. The van der Waals surface area contributed by atoms with Crippen molar-refractivity contribution in [3.8, 4) is 0 Å². The number of nitrogens with one attached hydrogen (secondary N) is 1. The Balaban J connectivity index is 1.82. The van der Waals surface area contributed by atoms with Crippen LogP contribution in [0.25, 0.3) is 10.8 Å². The van der Waals surface area contributed by atoms with Crippen molar-refractivity contribution in [3.05, 3.63) is 78.4 Å². The molecule has 0 amide bonds. The largest absolute Gasteiger partial charge is 0.293 e. The molecule has 0 heterocycles. The Morgan fingerprint density at radius 3 is 2.26 bits per heavy atom. The van der Waals surface area contributed by atoms with E-state index >= 15 is 0 Å². The fourth-order valence-corrected chi connectivity index (χ4v) is 3.41. The summed E-state index contributed by atoms with van der Waals surface area (Å²) in [7, 11) is -3.69. The van der Waals surface area contributed by atoms with Gasteiger partial charge in [0.2, 0.25) is 10.0 Å². The zero-order chi connectivity index (χ0) is 16.3. The molecule has 3 aromatic rings. The van der Waals surface area contributed by atoms with Gasteiger partial charge in [0.05, 0.1) is 11.4 Å². The Morgan fingerprint density at radius 2 is 1.48 bits per heavy atom. The summed E-state index contributed by atoms with van der Waals surface area (Å²) in [6, 6.07) is 20.9. The van der Waals surface area contributed by atoms with Crippen LogP contribution in [-0.4, -0.2) is 20.7 Å². The van der Waals surface area contributed by atoms with Crippen molar-refractivity contribution in [3.63, 3.8) is 0 Å². The highest BCUT2D eigenvalue weighted by Gasteiger charge is 2.16. The van der Waals surface area contributed by atoms with Crippen LogP contribution in [0, 0.1) is 0 Å². The molecule has 0 bridgehead atoms. The average Bonchev–Trinajstić information content (AvgIpc) is 2.60. The summed E-state index contributed by atoms with van der Waals surface area (Å²) >= 11 is 0. The number of carbonyl (C=O) groups is 1. The lowest BCUT2D eigenvalue weighted by Crippen LogP contribution is -2.29. The Labute approximate surface area is 134 Å². The van der Waals surface area contributed by atoms with E-state index in [1.165, 1.54) is 12.1 Å². The molecule has 23 heavy (non-hydrogen) atoms. The summed E-state index contributed by atoms with van der Waals surface area (Å²) in [4.78, 5) is 12.6. The third-order valence-corrected chi connectivity index (χ3v) is 4.98. The second-order valence-electron chi connectivity index (χ2n) is 5.09. The fourth-order valence-electron chi connectivity index (χ4n) is 2.41. The van der Waals surface area contributed by atoms with Crippen LogP contribution in [0.4, 0.5) is 0 Å². The normalized spacial score (nSPS) is 11.5. The molecule has 116 valence electrons. The zero-order valence-electron chi connectivity index (χ0n) is 12.3. The van der Waals surface area contributed by atoms with E-state index in [1.54, 1.807) is 30.3 Å². The second kappa shape index (κ2) is 6.32. The molecule has 0 saturated carbocycles. The third-order valence-electron chi connectivity index (χ3n) is 3.57. The lowest BCUT2D eigenvalue weighted by molar-refractivity contribution is 0.0998. The highest BCUT2D eigenvalue weighted by molar-refractivity contribution is 7.89. The van der Waals surface area contributed by atoms with Gasteiger partial charge in [0.1, 0.15) is 0 Å². The van der Waals surface area contributed by atoms with Crippen LogP contribution in [-0.2, 0) is 10.0 Å². The first-order valence-electron chi connectivity index (χ1n) is 7.13. The average molecular weight is 325 g/mol. The molecule has 0 aliphatic carbocycles. The predicted molar refractivity (Wildman–Crippen MR) is 89.9 cm³/mol. The minimum absolute atomic E-state index is 0.144. The Bertz CT molecular complexity index is 945. The molecular weight excluding hydrogens is 310 g/mol. The van der Waals surface area contributed by atoms with E-state index in [9.17, 15) is 13.2 Å². The number of hydrogen-bond donors (Lipinski definition) is 1. The monoisotopic (exact) mass is 325 g/mol. The Kier molecular flexibility index (Phi) is 4.23. The van der Waals surface area contributed by atoms with Crippen LogP contribution in [0.5, 0.6) is 0 Å². The van der Waals surface area contributed by atoms with Gasteiger partial charge in [-0.15, -0.1) is 0 Å². The van der Waals surface area contributed by atoms with E-state index in [0.29, 0.717) is 5.56 Å². The van der Waals surface area contributed by atoms with Gasteiger partial charge in [-0.3, -0.25) is 4.79 Å². The predicted octanol–water partition coefficient (Wildman–Crippen LogP) is 3.00. The van der Waals surface area contributed by atoms with Gasteiger partial charge in [-0.05, 0) is 22.9 Å². The molecule has 0 unspecified atom stereocenters. The summed E-state index contributed by atoms with van der Waals surface area (Å²) < 4.78 is 26.7. The molecule has 0 fully saturated rings. The lowest BCUT2D eigenvalue weighted by atomic mass is 10.0. The Morgan fingerprint density at radius 1 is 0.826 bits per heavy atom. The quantitative estimate of drug-likeness (QED) is 0.734. The van der Waals surface area contributed by atoms with Crippen molar-refractivity contribution < 1.29 is 13.2 Å². The van der Waals surface area contributed by atoms with Crippen molar-refractivity contribution in [1.29, 1.82) is 0 Å². The minimum Gasteiger partial charge on any atom is -0.293 e. The topological polar surface area (TPSA) is 63.2 Å². The van der Waals surface area contributed by atoms with Gasteiger partial charge >= 0.3 is 0 Å². The molecule has 0 aliphatic heterocycles. The van der Waals surface area contributed by atoms with Crippen LogP contribution in [0.1, 0.15) is 10.4 Å². The van der Waals surface area contributed by atoms with Gasteiger partial charge in [-0.25, -0.2) is 13.1 Å². The molecular formula is C18H15NO3S. The summed E-state index contributed by atoms with van der Waals surface area (Å²) in [6.07, 6.45) is 0. The van der Waals surface area contributed by atoms with Gasteiger partial charge in [-0.2, -0.15) is 0 Å². The summed E-state index contributed by atoms with van der Waals surface area (Å²) in [5.41, 5.74) is 0.513. The zero-order valence-corrected chi connectivity index (χ0v) is 13.1. The first-order valence-corrected chi connectivity index (χ1v) is 8.62. The maximum Gasteiger partial charge on any atom is 0.240 e. The number of hydrogen-bond acceptors (Lipinski definition) is 3. The van der Waals surface area contributed by atoms with Crippen molar-refractivity contribution in [2.45, 2.75) is 4.90 Å². The molecule has 0 spiro atoms. The van der Waals surface area contributed by atoms with Gasteiger partial charge in [0, 0.05) is 5.56 Å². The smallest absolute Gasteiger partial charge is 0.240 e. The summed E-state index contributed by atoms with van der Waals surface area (Å²) in [5.74, 6) is -0.263.